The lowest BCUT2D eigenvalue weighted by molar-refractivity contribution is 0.448. The number of nitrogens with one attached hydrogen (secondary N) is 1. The predicted molar refractivity (Wildman–Crippen MR) is 73.7 cm³/mol. The molecule has 2 atom stereocenters. The second-order valence-electron chi connectivity index (χ2n) is 5.95. The van der Waals surface area contributed by atoms with E-state index in [1.165, 1.54) is 40.6 Å². The first kappa shape index (κ1) is 10.9. The lowest BCUT2D eigenvalue weighted by Gasteiger charge is -2.24. The van der Waals surface area contributed by atoms with Crippen LogP contribution in [0.25, 0.3) is 10.9 Å². The molecule has 1 aromatic heterocycles. The summed E-state index contributed by atoms with van der Waals surface area (Å²) in [5.74, 6) is 1.51. The van der Waals surface area contributed by atoms with Crippen LogP contribution >= 0.6 is 0 Å². The number of rotatable bonds is 0. The summed E-state index contributed by atoms with van der Waals surface area (Å²) in [6.45, 7) is 9.14. The molecule has 1 aromatic carbocycles. The standard InChI is InChI=1S/C16H21N/c1-9-5-12(4)16-13-7-10(2)11(3)8-14(13)17-15(16)6-9/h7-9,12,17H,5-6H2,1-4H3. The van der Waals surface area contributed by atoms with Crippen molar-refractivity contribution >= 4 is 10.9 Å². The topological polar surface area (TPSA) is 15.8 Å². The summed E-state index contributed by atoms with van der Waals surface area (Å²) in [5.41, 5.74) is 7.19. The average Bonchev–Trinajstić information content (AvgIpc) is 2.56. The first-order valence-electron chi connectivity index (χ1n) is 6.68. The van der Waals surface area contributed by atoms with Gasteiger partial charge in [-0.05, 0) is 67.3 Å². The molecule has 0 bridgehead atoms. The molecular formula is C16H21N. The van der Waals surface area contributed by atoms with E-state index in [0.29, 0.717) is 5.92 Å². The molecule has 1 heteroatoms. The summed E-state index contributed by atoms with van der Waals surface area (Å²) in [5, 5.41) is 1.46. The zero-order chi connectivity index (χ0) is 12.2. The molecule has 17 heavy (non-hydrogen) atoms. The Morgan fingerprint density at radius 2 is 1.82 bits per heavy atom. The smallest absolute Gasteiger partial charge is 0.0461 e. The van der Waals surface area contributed by atoms with E-state index >= 15 is 0 Å². The summed E-state index contributed by atoms with van der Waals surface area (Å²) < 4.78 is 0. The molecule has 2 unspecified atom stereocenters. The van der Waals surface area contributed by atoms with Gasteiger partial charge in [-0.25, -0.2) is 0 Å². The molecule has 90 valence electrons. The summed E-state index contributed by atoms with van der Waals surface area (Å²) >= 11 is 0. The maximum atomic E-state index is 3.64. The summed E-state index contributed by atoms with van der Waals surface area (Å²) in [4.78, 5) is 3.64. The molecule has 0 spiro atoms. The molecule has 0 saturated carbocycles. The number of H-pyrrole nitrogens is 1. The highest BCUT2D eigenvalue weighted by atomic mass is 14.7. The van der Waals surface area contributed by atoms with E-state index in [9.17, 15) is 0 Å². The third-order valence-corrected chi connectivity index (χ3v) is 4.34. The molecule has 0 saturated heterocycles. The minimum atomic E-state index is 0.699. The molecule has 2 aromatic rings. The zero-order valence-electron chi connectivity index (χ0n) is 11.2. The van der Waals surface area contributed by atoms with Crippen LogP contribution < -0.4 is 0 Å². The molecule has 1 nitrogen and oxygen atoms in total. The molecule has 1 aliphatic rings. The van der Waals surface area contributed by atoms with E-state index in [4.69, 9.17) is 0 Å². The Hall–Kier alpha value is -1.24. The van der Waals surface area contributed by atoms with E-state index in [2.05, 4.69) is 44.8 Å². The molecule has 0 radical (unpaired) electrons. The quantitative estimate of drug-likeness (QED) is 0.683. The van der Waals surface area contributed by atoms with Gasteiger partial charge in [-0.2, -0.15) is 0 Å². The van der Waals surface area contributed by atoms with E-state index in [1.54, 1.807) is 5.56 Å². The number of hydrogen-bond acceptors (Lipinski definition) is 0. The molecule has 1 aliphatic carbocycles. The van der Waals surface area contributed by atoms with Crippen LogP contribution in [0.4, 0.5) is 0 Å². The van der Waals surface area contributed by atoms with Crippen LogP contribution in [0.1, 0.15) is 48.6 Å². The molecule has 0 aliphatic heterocycles. The van der Waals surface area contributed by atoms with Crippen LogP contribution in [-0.4, -0.2) is 4.98 Å². The third kappa shape index (κ3) is 1.60. The van der Waals surface area contributed by atoms with E-state index in [-0.39, 0.29) is 0 Å². The van der Waals surface area contributed by atoms with Crippen LogP contribution in [0.5, 0.6) is 0 Å². The van der Waals surface area contributed by atoms with E-state index in [0.717, 1.165) is 5.92 Å². The van der Waals surface area contributed by atoms with Crippen LogP contribution in [-0.2, 0) is 6.42 Å². The first-order chi connectivity index (χ1) is 8.06. The number of benzene rings is 1. The summed E-state index contributed by atoms with van der Waals surface area (Å²) in [6.07, 6.45) is 2.54. The largest absolute Gasteiger partial charge is 0.358 e. The SMILES string of the molecule is Cc1cc2[nH]c3c(c2cc1C)C(C)CC(C)C3. The van der Waals surface area contributed by atoms with Gasteiger partial charge in [0, 0.05) is 16.6 Å². The summed E-state index contributed by atoms with van der Waals surface area (Å²) in [7, 11) is 0. The van der Waals surface area contributed by atoms with Crippen LogP contribution in [0.3, 0.4) is 0 Å². The Bertz CT molecular complexity index is 577. The van der Waals surface area contributed by atoms with E-state index < -0.39 is 0 Å². The molecule has 1 heterocycles. The van der Waals surface area contributed by atoms with Crippen LogP contribution in [0.2, 0.25) is 0 Å². The van der Waals surface area contributed by atoms with Gasteiger partial charge in [-0.15, -0.1) is 0 Å². The van der Waals surface area contributed by atoms with Crippen molar-refractivity contribution in [3.05, 3.63) is 34.5 Å². The summed E-state index contributed by atoms with van der Waals surface area (Å²) in [6, 6.07) is 4.67. The van der Waals surface area contributed by atoms with Gasteiger partial charge in [0.15, 0.2) is 0 Å². The van der Waals surface area contributed by atoms with Gasteiger partial charge in [0.1, 0.15) is 0 Å². The Morgan fingerprint density at radius 3 is 2.59 bits per heavy atom. The number of aryl methyl sites for hydroxylation is 2. The van der Waals surface area contributed by atoms with Gasteiger partial charge in [-0.3, -0.25) is 0 Å². The second-order valence-corrected chi connectivity index (χ2v) is 5.95. The van der Waals surface area contributed by atoms with Gasteiger partial charge in [0.2, 0.25) is 0 Å². The molecule has 1 N–H and O–H groups in total. The lowest BCUT2D eigenvalue weighted by atomic mass is 9.80. The normalized spacial score (nSPS) is 24.0. The Morgan fingerprint density at radius 1 is 1.12 bits per heavy atom. The highest BCUT2D eigenvalue weighted by Crippen LogP contribution is 2.39. The number of hydrogen-bond donors (Lipinski definition) is 1. The van der Waals surface area contributed by atoms with Crippen molar-refractivity contribution in [1.82, 2.24) is 4.98 Å². The maximum Gasteiger partial charge on any atom is 0.0461 e. The number of aromatic nitrogens is 1. The molecule has 0 fully saturated rings. The third-order valence-electron chi connectivity index (χ3n) is 4.34. The van der Waals surface area contributed by atoms with Crippen molar-refractivity contribution in [2.45, 2.75) is 46.5 Å². The first-order valence-corrected chi connectivity index (χ1v) is 6.68. The Labute approximate surface area is 103 Å². The fourth-order valence-corrected chi connectivity index (χ4v) is 3.41. The Balaban J connectivity index is 2.29. The van der Waals surface area contributed by atoms with E-state index in [1.807, 2.05) is 0 Å². The van der Waals surface area contributed by atoms with Crippen LogP contribution in [0.15, 0.2) is 12.1 Å². The highest BCUT2D eigenvalue weighted by Gasteiger charge is 2.25. The molecule has 0 amide bonds. The number of fused-ring (bicyclic) bond motifs is 3. The lowest BCUT2D eigenvalue weighted by Crippen LogP contribution is -2.13. The van der Waals surface area contributed by atoms with Gasteiger partial charge >= 0.3 is 0 Å². The molecular weight excluding hydrogens is 206 g/mol. The van der Waals surface area contributed by atoms with Crippen molar-refractivity contribution in [2.75, 3.05) is 0 Å². The van der Waals surface area contributed by atoms with Gasteiger partial charge in [-0.1, -0.05) is 13.8 Å². The molecule has 3 rings (SSSR count). The fourth-order valence-electron chi connectivity index (χ4n) is 3.41. The minimum Gasteiger partial charge on any atom is -0.358 e. The predicted octanol–water partition coefficient (Wildman–Crippen LogP) is 4.47. The van der Waals surface area contributed by atoms with Crippen molar-refractivity contribution in [1.29, 1.82) is 0 Å². The minimum absolute atomic E-state index is 0.699. The average molecular weight is 227 g/mol. The Kier molecular flexibility index (Phi) is 2.32. The van der Waals surface area contributed by atoms with Crippen LogP contribution in [0, 0.1) is 19.8 Å². The van der Waals surface area contributed by atoms with Crippen molar-refractivity contribution < 1.29 is 0 Å². The fraction of sp³-hybridized carbons (Fsp3) is 0.500. The number of aromatic amines is 1. The van der Waals surface area contributed by atoms with Gasteiger partial charge < -0.3 is 4.98 Å². The zero-order valence-corrected chi connectivity index (χ0v) is 11.2. The second kappa shape index (κ2) is 3.63. The van der Waals surface area contributed by atoms with Gasteiger partial charge in [0.05, 0.1) is 0 Å². The van der Waals surface area contributed by atoms with Crippen molar-refractivity contribution in [3.8, 4) is 0 Å². The van der Waals surface area contributed by atoms with Gasteiger partial charge in [0.25, 0.3) is 0 Å². The monoisotopic (exact) mass is 227 g/mol. The highest BCUT2D eigenvalue weighted by molar-refractivity contribution is 5.87. The van der Waals surface area contributed by atoms with Crippen molar-refractivity contribution in [2.24, 2.45) is 5.92 Å². The van der Waals surface area contributed by atoms with Crippen molar-refractivity contribution in [3.63, 3.8) is 0 Å². The maximum absolute atomic E-state index is 3.64.